The normalized spacial score (nSPS) is 13.8. The van der Waals surface area contributed by atoms with Crippen LogP contribution >= 0.6 is 0 Å². The van der Waals surface area contributed by atoms with Crippen molar-refractivity contribution in [3.63, 3.8) is 0 Å². The number of rotatable bonds is 5. The Bertz CT molecular complexity index is 933. The number of quaternary nitrogens is 1. The van der Waals surface area contributed by atoms with Crippen molar-refractivity contribution < 1.29 is 18.9 Å². The molecule has 0 fully saturated rings. The number of para-hydroxylation sites is 1. The van der Waals surface area contributed by atoms with Gasteiger partial charge in [-0.3, -0.25) is 4.79 Å². The molecule has 3 N–H and O–H groups in total. The number of H-pyrrole nitrogens is 1. The maximum absolute atomic E-state index is 13.9. The zero-order valence-corrected chi connectivity index (χ0v) is 14.4. The first-order valence-corrected chi connectivity index (χ1v) is 8.30. The molecule has 1 aromatic heterocycles. The summed E-state index contributed by atoms with van der Waals surface area (Å²) in [6.07, 6.45) is 0. The number of aromatic amines is 1. The standard InChI is InChI=1S/C20H20F2N2O/c1-11(15-9-8-14(21)10-17(15)22)23-13(3)20(25)19-12(2)24-18-7-5-4-6-16(18)19/h4-11,13,23-24H,1-3H3/p+1/t11-,13+/m0/s1. The molecule has 2 aromatic carbocycles. The summed E-state index contributed by atoms with van der Waals surface area (Å²) in [5.41, 5.74) is 2.81. The average molecular weight is 343 g/mol. The number of hydrogen-bond donors (Lipinski definition) is 2. The molecule has 3 rings (SSSR count). The number of carbonyl (C=O) groups is 1. The Hall–Kier alpha value is -2.53. The molecule has 130 valence electrons. The van der Waals surface area contributed by atoms with E-state index < -0.39 is 17.7 Å². The van der Waals surface area contributed by atoms with E-state index in [9.17, 15) is 13.6 Å². The summed E-state index contributed by atoms with van der Waals surface area (Å²) in [5, 5.41) is 2.70. The molecule has 0 aliphatic heterocycles. The number of fused-ring (bicyclic) bond motifs is 1. The fourth-order valence-corrected chi connectivity index (χ4v) is 3.32. The molecule has 0 bridgehead atoms. The lowest BCUT2D eigenvalue weighted by Crippen LogP contribution is -2.91. The van der Waals surface area contributed by atoms with Crippen molar-refractivity contribution >= 4 is 16.7 Å². The van der Waals surface area contributed by atoms with Gasteiger partial charge in [0.1, 0.15) is 23.7 Å². The van der Waals surface area contributed by atoms with Gasteiger partial charge in [0, 0.05) is 28.2 Å². The van der Waals surface area contributed by atoms with E-state index >= 15 is 0 Å². The van der Waals surface area contributed by atoms with Crippen LogP contribution in [0.5, 0.6) is 0 Å². The Kier molecular flexibility index (Phi) is 4.68. The van der Waals surface area contributed by atoms with Gasteiger partial charge in [0.2, 0.25) is 5.78 Å². The Morgan fingerprint density at radius 1 is 1.12 bits per heavy atom. The summed E-state index contributed by atoms with van der Waals surface area (Å²) in [7, 11) is 0. The molecule has 25 heavy (non-hydrogen) atoms. The first-order chi connectivity index (χ1) is 11.9. The second kappa shape index (κ2) is 6.76. The molecule has 3 aromatic rings. The van der Waals surface area contributed by atoms with E-state index in [0.717, 1.165) is 22.7 Å². The van der Waals surface area contributed by atoms with E-state index in [1.165, 1.54) is 12.1 Å². The Labute approximate surface area is 145 Å². The van der Waals surface area contributed by atoms with Gasteiger partial charge in [-0.25, -0.2) is 8.78 Å². The van der Waals surface area contributed by atoms with E-state index in [0.29, 0.717) is 11.1 Å². The number of carbonyl (C=O) groups excluding carboxylic acids is 1. The SMILES string of the molecule is Cc1[nH]c2ccccc2c1C(=O)[C@@H](C)[NH2+][C@@H](C)c1ccc(F)cc1F. The second-order valence-electron chi connectivity index (χ2n) is 6.47. The highest BCUT2D eigenvalue weighted by Crippen LogP contribution is 2.23. The number of nitrogens with two attached hydrogens (primary N) is 1. The van der Waals surface area contributed by atoms with Gasteiger partial charge in [0.25, 0.3) is 0 Å². The topological polar surface area (TPSA) is 49.5 Å². The molecule has 0 radical (unpaired) electrons. The average Bonchev–Trinajstić information content (AvgIpc) is 2.89. The van der Waals surface area contributed by atoms with Crippen molar-refractivity contribution in [2.45, 2.75) is 32.9 Å². The quantitative estimate of drug-likeness (QED) is 0.683. The van der Waals surface area contributed by atoms with Gasteiger partial charge in [-0.05, 0) is 39.0 Å². The zero-order valence-electron chi connectivity index (χ0n) is 14.4. The first-order valence-electron chi connectivity index (χ1n) is 8.30. The minimum atomic E-state index is -0.605. The van der Waals surface area contributed by atoms with Crippen LogP contribution in [-0.2, 0) is 0 Å². The Balaban J connectivity index is 1.83. The van der Waals surface area contributed by atoms with E-state index in [1.807, 2.05) is 45.0 Å². The number of benzene rings is 2. The third-order valence-corrected chi connectivity index (χ3v) is 4.58. The van der Waals surface area contributed by atoms with Crippen LogP contribution in [0.15, 0.2) is 42.5 Å². The van der Waals surface area contributed by atoms with Gasteiger partial charge in [0.05, 0.1) is 5.56 Å². The maximum Gasteiger partial charge on any atom is 0.221 e. The molecule has 3 nitrogen and oxygen atoms in total. The highest BCUT2D eigenvalue weighted by Gasteiger charge is 2.26. The predicted molar refractivity (Wildman–Crippen MR) is 93.5 cm³/mol. The number of aromatic nitrogens is 1. The van der Waals surface area contributed by atoms with Crippen LogP contribution in [0.4, 0.5) is 8.78 Å². The monoisotopic (exact) mass is 343 g/mol. The summed E-state index contributed by atoms with van der Waals surface area (Å²) < 4.78 is 27.0. The van der Waals surface area contributed by atoms with Crippen LogP contribution in [0, 0.1) is 18.6 Å². The lowest BCUT2D eigenvalue weighted by Gasteiger charge is -2.17. The van der Waals surface area contributed by atoms with Gasteiger partial charge in [-0.15, -0.1) is 0 Å². The Morgan fingerprint density at radius 3 is 2.56 bits per heavy atom. The van der Waals surface area contributed by atoms with Crippen LogP contribution in [0.2, 0.25) is 0 Å². The number of halogens is 2. The molecule has 0 saturated heterocycles. The van der Waals surface area contributed by atoms with Crippen LogP contribution < -0.4 is 5.32 Å². The summed E-state index contributed by atoms with van der Waals surface area (Å²) in [5.74, 6) is -1.21. The third kappa shape index (κ3) is 3.33. The van der Waals surface area contributed by atoms with Crippen molar-refractivity contribution in [1.82, 2.24) is 4.98 Å². The van der Waals surface area contributed by atoms with Gasteiger partial charge in [-0.1, -0.05) is 18.2 Å². The van der Waals surface area contributed by atoms with Crippen molar-refractivity contribution in [3.8, 4) is 0 Å². The second-order valence-corrected chi connectivity index (χ2v) is 6.47. The molecule has 0 spiro atoms. The predicted octanol–water partition coefficient (Wildman–Crippen LogP) is 3.65. The van der Waals surface area contributed by atoms with Crippen LogP contribution in [-0.4, -0.2) is 16.8 Å². The number of aryl methyl sites for hydroxylation is 1. The molecular formula is C20H21F2N2O+. The minimum absolute atomic E-state index is 0.00989. The highest BCUT2D eigenvalue weighted by molar-refractivity contribution is 6.10. The molecule has 0 aliphatic carbocycles. The smallest absolute Gasteiger partial charge is 0.221 e. The van der Waals surface area contributed by atoms with E-state index in [1.54, 1.807) is 5.32 Å². The molecule has 0 aliphatic rings. The molecule has 5 heteroatoms. The molecular weight excluding hydrogens is 322 g/mol. The molecule has 0 unspecified atom stereocenters. The maximum atomic E-state index is 13.9. The summed E-state index contributed by atoms with van der Waals surface area (Å²) in [4.78, 5) is 16.2. The fourth-order valence-electron chi connectivity index (χ4n) is 3.32. The number of nitrogens with one attached hydrogen (secondary N) is 1. The van der Waals surface area contributed by atoms with Crippen molar-refractivity contribution in [2.24, 2.45) is 0 Å². The molecule has 2 atom stereocenters. The highest BCUT2D eigenvalue weighted by atomic mass is 19.1. The molecule has 1 heterocycles. The number of Topliss-reactive ketones (excluding diaryl/α,β-unsaturated/α-hetero) is 1. The fraction of sp³-hybridized carbons (Fsp3) is 0.250. The van der Waals surface area contributed by atoms with Gasteiger partial charge >= 0.3 is 0 Å². The largest absolute Gasteiger partial charge is 0.358 e. The summed E-state index contributed by atoms with van der Waals surface area (Å²) >= 11 is 0. The van der Waals surface area contributed by atoms with Crippen molar-refractivity contribution in [1.29, 1.82) is 0 Å². The third-order valence-electron chi connectivity index (χ3n) is 4.58. The van der Waals surface area contributed by atoms with Gasteiger partial charge < -0.3 is 10.3 Å². The summed E-state index contributed by atoms with van der Waals surface area (Å²) in [6, 6.07) is 10.5. The lowest BCUT2D eigenvalue weighted by molar-refractivity contribution is -0.709. The van der Waals surface area contributed by atoms with Crippen molar-refractivity contribution in [3.05, 3.63) is 70.9 Å². The number of ketones is 1. The molecule has 0 saturated carbocycles. The van der Waals surface area contributed by atoms with Gasteiger partial charge in [0.15, 0.2) is 0 Å². The van der Waals surface area contributed by atoms with E-state index in [2.05, 4.69) is 4.98 Å². The van der Waals surface area contributed by atoms with Gasteiger partial charge in [-0.2, -0.15) is 0 Å². The molecule has 0 amide bonds. The van der Waals surface area contributed by atoms with Crippen LogP contribution in [0.1, 0.15) is 41.5 Å². The summed E-state index contributed by atoms with van der Waals surface area (Å²) in [6.45, 7) is 5.49. The minimum Gasteiger partial charge on any atom is -0.358 e. The number of hydrogen-bond acceptors (Lipinski definition) is 1. The van der Waals surface area contributed by atoms with Crippen molar-refractivity contribution in [2.75, 3.05) is 0 Å². The van der Waals surface area contributed by atoms with Crippen LogP contribution in [0.3, 0.4) is 0 Å². The Morgan fingerprint density at radius 2 is 1.84 bits per heavy atom. The lowest BCUT2D eigenvalue weighted by atomic mass is 10.00. The van der Waals surface area contributed by atoms with E-state index in [4.69, 9.17) is 0 Å². The van der Waals surface area contributed by atoms with Crippen LogP contribution in [0.25, 0.3) is 10.9 Å². The first kappa shape index (κ1) is 17.3. The van der Waals surface area contributed by atoms with E-state index in [-0.39, 0.29) is 11.8 Å². The zero-order chi connectivity index (χ0) is 18.1.